The van der Waals surface area contributed by atoms with Gasteiger partial charge in [0.25, 0.3) is 0 Å². The van der Waals surface area contributed by atoms with Crippen LogP contribution in [0, 0.1) is 12.1 Å². The molecule has 1 aromatic heterocycles. The van der Waals surface area contributed by atoms with Crippen molar-refractivity contribution in [2.24, 2.45) is 0 Å². The predicted molar refractivity (Wildman–Crippen MR) is 89.1 cm³/mol. The number of pyridine rings is 1. The Labute approximate surface area is 138 Å². The van der Waals surface area contributed by atoms with Crippen LogP contribution in [0.3, 0.4) is 0 Å². The molecule has 3 aromatic rings. The molecule has 1 atom stereocenters. The summed E-state index contributed by atoms with van der Waals surface area (Å²) in [4.78, 5) is 4.08. The van der Waals surface area contributed by atoms with Gasteiger partial charge >= 0.3 is 10.0 Å². The molecule has 1 N–H and O–H groups in total. The van der Waals surface area contributed by atoms with Crippen LogP contribution in [0.4, 0.5) is 5.69 Å². The maximum Gasteiger partial charge on any atom is 0.330 e. The van der Waals surface area contributed by atoms with E-state index in [-0.39, 0.29) is 16.1 Å². The number of halogens is 1. The number of nitrogens with one attached hydrogen (secondary N) is 1. The Morgan fingerprint density at radius 2 is 1.78 bits per heavy atom. The minimum absolute atomic E-state index is 0.0191. The number of nitrogens with zero attached hydrogens (tertiary/aromatic N) is 1. The van der Waals surface area contributed by atoms with Crippen LogP contribution in [0.2, 0.25) is 5.02 Å². The van der Waals surface area contributed by atoms with E-state index in [1.165, 1.54) is 30.5 Å². The van der Waals surface area contributed by atoms with E-state index in [4.69, 9.17) is 11.6 Å². The number of fused-ring (bicyclic) bond motifs is 1. The summed E-state index contributed by atoms with van der Waals surface area (Å²) in [6.45, 7) is 1.84. The van der Waals surface area contributed by atoms with Crippen LogP contribution in [0.15, 0.2) is 59.6 Å². The maximum atomic E-state index is 12.6. The van der Waals surface area contributed by atoms with Crippen molar-refractivity contribution in [1.29, 1.82) is 0 Å². The molecule has 118 valence electrons. The maximum absolute atomic E-state index is 12.6. The average Bonchev–Trinajstić information content (AvgIpc) is 2.55. The lowest BCUT2D eigenvalue weighted by molar-refractivity contribution is -0.623. The zero-order valence-electron chi connectivity index (χ0n) is 12.2. The van der Waals surface area contributed by atoms with Gasteiger partial charge in [0.15, 0.2) is 5.69 Å². The van der Waals surface area contributed by atoms with Crippen LogP contribution < -0.4 is 4.47 Å². The van der Waals surface area contributed by atoms with Gasteiger partial charge in [-0.05, 0) is 37.3 Å². The minimum atomic E-state index is -4.14. The molecular formula is C16H13ClN2O3S. The van der Waals surface area contributed by atoms with Gasteiger partial charge in [-0.1, -0.05) is 29.3 Å². The molecule has 0 aliphatic rings. The van der Waals surface area contributed by atoms with E-state index >= 15 is 0 Å². The van der Waals surface area contributed by atoms with Crippen molar-refractivity contribution in [3.63, 3.8) is 0 Å². The Balaban J connectivity index is 2.15. The molecule has 1 heterocycles. The summed E-state index contributed by atoms with van der Waals surface area (Å²) in [5.41, 5.74) is 1.21. The molecular weight excluding hydrogens is 336 g/mol. The van der Waals surface area contributed by atoms with E-state index in [9.17, 15) is 13.6 Å². The highest BCUT2D eigenvalue weighted by atomic mass is 35.5. The molecule has 0 spiro atoms. The molecule has 0 saturated heterocycles. The third-order valence-electron chi connectivity index (χ3n) is 3.51. The molecule has 1 unspecified atom stereocenters. The van der Waals surface area contributed by atoms with Crippen LogP contribution in [0.25, 0.3) is 10.9 Å². The molecule has 0 saturated carbocycles. The van der Waals surface area contributed by atoms with Gasteiger partial charge in [-0.25, -0.2) is 9.45 Å². The van der Waals surface area contributed by atoms with Gasteiger partial charge in [-0.3, -0.25) is 0 Å². The normalized spacial score (nSPS) is 13.2. The molecule has 2 aromatic carbocycles. The number of hydrogen-bond donors (Lipinski definition) is 1. The first-order valence-corrected chi connectivity index (χ1v) is 8.67. The summed E-state index contributed by atoms with van der Waals surface area (Å²) in [6.07, 6.45) is 1.49. The number of hydrogen-bond acceptors (Lipinski definition) is 4. The summed E-state index contributed by atoms with van der Waals surface area (Å²) < 4.78 is 24.1. The molecule has 23 heavy (non-hydrogen) atoms. The highest BCUT2D eigenvalue weighted by Gasteiger charge is 2.26. The smallest absolute Gasteiger partial charge is 0.330 e. The Morgan fingerprint density at radius 3 is 2.48 bits per heavy atom. The zero-order valence-corrected chi connectivity index (χ0v) is 13.7. The van der Waals surface area contributed by atoms with Crippen LogP contribution >= 0.6 is 11.6 Å². The van der Waals surface area contributed by atoms with Gasteiger partial charge < -0.3 is 5.21 Å². The first-order chi connectivity index (χ1) is 10.9. The number of quaternary nitrogens is 1. The fraction of sp³-hybridized carbons (Fsp3) is 0.0625. The first-order valence-electron chi connectivity index (χ1n) is 6.80. The number of rotatable bonds is 3. The van der Waals surface area contributed by atoms with E-state index in [1.807, 2.05) is 6.92 Å². The fourth-order valence-electron chi connectivity index (χ4n) is 2.27. The Morgan fingerprint density at radius 1 is 1.09 bits per heavy atom. The number of sulfonamides is 1. The summed E-state index contributed by atoms with van der Waals surface area (Å²) in [5, 5.41) is 13.6. The third kappa shape index (κ3) is 2.82. The van der Waals surface area contributed by atoms with Gasteiger partial charge in [-0.2, -0.15) is 8.42 Å². The Hall–Kier alpha value is -1.99. The fourth-order valence-corrected chi connectivity index (χ4v) is 3.65. The second-order valence-corrected chi connectivity index (χ2v) is 7.35. The van der Waals surface area contributed by atoms with Gasteiger partial charge in [0.1, 0.15) is 10.4 Å². The molecule has 0 radical (unpaired) electrons. The number of aryl methyl sites for hydroxylation is 1. The van der Waals surface area contributed by atoms with Crippen molar-refractivity contribution in [2.45, 2.75) is 11.8 Å². The second kappa shape index (κ2) is 5.90. The van der Waals surface area contributed by atoms with Gasteiger partial charge in [-0.15, -0.1) is 0 Å². The zero-order chi connectivity index (χ0) is 16.6. The Kier molecular flexibility index (Phi) is 4.08. The summed E-state index contributed by atoms with van der Waals surface area (Å²) in [6, 6.07) is 12.4. The number of aromatic nitrogens is 1. The van der Waals surface area contributed by atoms with E-state index in [0.717, 1.165) is 5.56 Å². The highest BCUT2D eigenvalue weighted by molar-refractivity contribution is 7.85. The Bertz CT molecular complexity index is 972. The highest BCUT2D eigenvalue weighted by Crippen LogP contribution is 2.26. The molecule has 0 aliphatic carbocycles. The van der Waals surface area contributed by atoms with Gasteiger partial charge in [0.2, 0.25) is 0 Å². The first kappa shape index (κ1) is 15.9. The van der Waals surface area contributed by atoms with Crippen molar-refractivity contribution < 1.29 is 12.9 Å². The lowest BCUT2D eigenvalue weighted by Gasteiger charge is -2.22. The van der Waals surface area contributed by atoms with Crippen LogP contribution in [0.5, 0.6) is 0 Å². The molecule has 7 heteroatoms. The topological polar surface area (TPSA) is 74.5 Å². The van der Waals surface area contributed by atoms with E-state index in [2.05, 4.69) is 4.98 Å². The van der Waals surface area contributed by atoms with Crippen molar-refractivity contribution in [2.75, 3.05) is 0 Å². The second-order valence-electron chi connectivity index (χ2n) is 5.10. The van der Waals surface area contributed by atoms with Crippen LogP contribution in [0.1, 0.15) is 5.56 Å². The molecule has 3 rings (SSSR count). The summed E-state index contributed by atoms with van der Waals surface area (Å²) in [5.74, 6) is 0. The summed E-state index contributed by atoms with van der Waals surface area (Å²) in [7, 11) is -4.14. The molecule has 0 aliphatic heterocycles. The molecule has 5 nitrogen and oxygen atoms in total. The van der Waals surface area contributed by atoms with E-state index in [1.54, 1.807) is 24.3 Å². The lowest BCUT2D eigenvalue weighted by atomic mass is 10.2. The standard InChI is InChI=1S/C16H13ClN2O3S/c1-11-4-6-12(7-5-11)23(21,22)19(20)15-9-8-14(17)13-3-2-10-18-16(13)15/h2-10,19H,1H3. The average molecular weight is 349 g/mol. The minimum Gasteiger partial charge on any atom is -0.612 e. The quantitative estimate of drug-likeness (QED) is 0.738. The van der Waals surface area contributed by atoms with E-state index < -0.39 is 14.5 Å². The lowest BCUT2D eigenvalue weighted by Crippen LogP contribution is -3.04. The predicted octanol–water partition coefficient (Wildman–Crippen LogP) is 2.60. The molecule has 0 bridgehead atoms. The SMILES string of the molecule is Cc1ccc(S(=O)(=O)[NH+]([O-])c2ccc(Cl)c3cccnc23)cc1. The van der Waals surface area contributed by atoms with Crippen LogP contribution in [-0.4, -0.2) is 13.4 Å². The molecule has 0 amide bonds. The van der Waals surface area contributed by atoms with Crippen molar-refractivity contribution in [3.8, 4) is 0 Å². The van der Waals surface area contributed by atoms with Gasteiger partial charge in [0, 0.05) is 17.6 Å². The largest absolute Gasteiger partial charge is 0.612 e. The van der Waals surface area contributed by atoms with Crippen molar-refractivity contribution in [1.82, 2.24) is 4.98 Å². The summed E-state index contributed by atoms with van der Waals surface area (Å²) >= 11 is 6.08. The monoisotopic (exact) mass is 348 g/mol. The van der Waals surface area contributed by atoms with Gasteiger partial charge in [0.05, 0.1) is 5.02 Å². The van der Waals surface area contributed by atoms with Crippen molar-refractivity contribution in [3.05, 3.63) is 70.5 Å². The number of benzene rings is 2. The molecule has 0 fully saturated rings. The van der Waals surface area contributed by atoms with Crippen molar-refractivity contribution >= 4 is 38.2 Å². The van der Waals surface area contributed by atoms with Crippen LogP contribution in [-0.2, 0) is 10.0 Å². The van der Waals surface area contributed by atoms with E-state index in [0.29, 0.717) is 10.4 Å². The third-order valence-corrected chi connectivity index (χ3v) is 5.44.